The Morgan fingerprint density at radius 2 is 1.97 bits per heavy atom. The molecule has 1 aliphatic rings. The quantitative estimate of drug-likeness (QED) is 0.429. The number of anilines is 1. The third-order valence-electron chi connectivity index (χ3n) is 5.96. The largest absolute Gasteiger partial charge is 0.493 e. The van der Waals surface area contributed by atoms with Crippen LogP contribution in [0.3, 0.4) is 0 Å². The Hall–Kier alpha value is -4.27. The molecule has 1 N–H and O–H groups in total. The summed E-state index contributed by atoms with van der Waals surface area (Å²) >= 11 is 0. The lowest BCUT2D eigenvalue weighted by Gasteiger charge is -2.25. The van der Waals surface area contributed by atoms with Crippen molar-refractivity contribution in [1.29, 1.82) is 0 Å². The molecule has 1 aliphatic heterocycles. The summed E-state index contributed by atoms with van der Waals surface area (Å²) in [5.74, 6) is 1.86. The molecule has 0 fully saturated rings. The molecule has 0 aliphatic carbocycles. The standard InChI is InChI=1S/C26H26N6O3/c1-4-12-35-22-13-18(10-11-21(22)34-3)19-14-23(33)29-25-24(19)16(2)31-32(25)26-28-20(15-27-30-26)17-8-6-5-7-9-17/h5-11,13,15,19H,4,12,14H2,1-3H3,(H,29,33)/t19-/m0/s1. The van der Waals surface area contributed by atoms with Gasteiger partial charge in [-0.1, -0.05) is 43.3 Å². The van der Waals surface area contributed by atoms with Crippen molar-refractivity contribution in [1.82, 2.24) is 25.0 Å². The van der Waals surface area contributed by atoms with Crippen molar-refractivity contribution in [2.75, 3.05) is 19.0 Å². The highest BCUT2D eigenvalue weighted by Crippen LogP contribution is 2.42. The maximum absolute atomic E-state index is 12.8. The van der Waals surface area contributed by atoms with Crippen molar-refractivity contribution in [3.05, 3.63) is 71.5 Å². The average molecular weight is 471 g/mol. The van der Waals surface area contributed by atoms with Gasteiger partial charge in [0.05, 0.1) is 31.3 Å². The Kier molecular flexibility index (Phi) is 6.13. The van der Waals surface area contributed by atoms with Crippen molar-refractivity contribution < 1.29 is 14.3 Å². The van der Waals surface area contributed by atoms with Crippen molar-refractivity contribution in [3.63, 3.8) is 0 Å². The van der Waals surface area contributed by atoms with Gasteiger partial charge in [0.2, 0.25) is 5.91 Å². The summed E-state index contributed by atoms with van der Waals surface area (Å²) in [5.41, 5.74) is 4.24. The molecule has 0 saturated carbocycles. The van der Waals surface area contributed by atoms with E-state index in [9.17, 15) is 4.79 Å². The number of hydrogen-bond acceptors (Lipinski definition) is 7. The normalized spacial score (nSPS) is 14.8. The van der Waals surface area contributed by atoms with E-state index in [1.54, 1.807) is 18.0 Å². The van der Waals surface area contributed by atoms with Gasteiger partial charge >= 0.3 is 0 Å². The predicted octanol–water partition coefficient (Wildman–Crippen LogP) is 4.30. The van der Waals surface area contributed by atoms with Gasteiger partial charge in [0.25, 0.3) is 5.95 Å². The zero-order valence-corrected chi connectivity index (χ0v) is 19.9. The van der Waals surface area contributed by atoms with Crippen molar-refractivity contribution in [2.24, 2.45) is 0 Å². The number of ether oxygens (including phenoxy) is 2. The highest BCUT2D eigenvalue weighted by atomic mass is 16.5. The molecule has 178 valence electrons. The Labute approximate surface area is 203 Å². The van der Waals surface area contributed by atoms with Gasteiger partial charge in [0.1, 0.15) is 5.82 Å². The number of carbonyl (C=O) groups excluding carboxylic acids is 1. The van der Waals surface area contributed by atoms with Gasteiger partial charge < -0.3 is 14.8 Å². The third kappa shape index (κ3) is 4.32. The first-order valence-electron chi connectivity index (χ1n) is 11.5. The maximum atomic E-state index is 12.8. The fourth-order valence-electron chi connectivity index (χ4n) is 4.34. The second-order valence-electron chi connectivity index (χ2n) is 8.33. The van der Waals surface area contributed by atoms with E-state index in [2.05, 4.69) is 27.4 Å². The van der Waals surface area contributed by atoms with Crippen LogP contribution in [0.15, 0.2) is 54.7 Å². The molecule has 5 rings (SSSR count). The number of carbonyl (C=O) groups is 1. The summed E-state index contributed by atoms with van der Waals surface area (Å²) in [6.07, 6.45) is 2.78. The molecule has 1 atom stereocenters. The number of aryl methyl sites for hydroxylation is 1. The molecule has 0 unspecified atom stereocenters. The number of fused-ring (bicyclic) bond motifs is 1. The van der Waals surface area contributed by atoms with E-state index in [-0.39, 0.29) is 11.8 Å². The highest BCUT2D eigenvalue weighted by Gasteiger charge is 2.33. The van der Waals surface area contributed by atoms with Gasteiger partial charge in [-0.05, 0) is 31.0 Å². The molecule has 0 saturated heterocycles. The predicted molar refractivity (Wildman–Crippen MR) is 131 cm³/mol. The van der Waals surface area contributed by atoms with E-state index in [4.69, 9.17) is 14.6 Å². The molecular weight excluding hydrogens is 444 g/mol. The molecule has 9 heteroatoms. The zero-order chi connectivity index (χ0) is 24.4. The van der Waals surface area contributed by atoms with Crippen molar-refractivity contribution in [3.8, 4) is 28.7 Å². The van der Waals surface area contributed by atoms with Crippen LogP contribution in [0, 0.1) is 6.92 Å². The summed E-state index contributed by atoms with van der Waals surface area (Å²) < 4.78 is 12.9. The Morgan fingerprint density at radius 3 is 2.74 bits per heavy atom. The number of nitrogens with one attached hydrogen (secondary N) is 1. The maximum Gasteiger partial charge on any atom is 0.272 e. The number of methoxy groups -OCH3 is 1. The number of rotatable bonds is 7. The zero-order valence-electron chi connectivity index (χ0n) is 19.9. The molecular formula is C26H26N6O3. The summed E-state index contributed by atoms with van der Waals surface area (Å²) in [4.78, 5) is 17.5. The molecule has 9 nitrogen and oxygen atoms in total. The number of hydrogen-bond donors (Lipinski definition) is 1. The molecule has 2 aromatic carbocycles. The van der Waals surface area contributed by atoms with Crippen LogP contribution in [-0.2, 0) is 4.79 Å². The van der Waals surface area contributed by atoms with Crippen LogP contribution >= 0.6 is 0 Å². The van der Waals surface area contributed by atoms with E-state index in [1.165, 1.54) is 0 Å². The van der Waals surface area contributed by atoms with E-state index in [0.717, 1.165) is 28.8 Å². The van der Waals surface area contributed by atoms with Crippen LogP contribution < -0.4 is 14.8 Å². The summed E-state index contributed by atoms with van der Waals surface area (Å²) in [7, 11) is 1.62. The van der Waals surface area contributed by atoms with Crippen molar-refractivity contribution >= 4 is 11.7 Å². The number of aromatic nitrogens is 5. The Balaban J connectivity index is 1.58. The molecule has 2 aromatic heterocycles. The van der Waals surface area contributed by atoms with Gasteiger partial charge in [-0.15, -0.1) is 5.10 Å². The SMILES string of the molecule is CCCOc1cc([C@@H]2CC(=O)Nc3c2c(C)nn3-c2nncc(-c3ccccc3)n2)ccc1OC. The van der Waals surface area contributed by atoms with Crippen LogP contribution in [0.5, 0.6) is 11.5 Å². The fraction of sp³-hybridized carbons (Fsp3) is 0.269. The van der Waals surface area contributed by atoms with E-state index >= 15 is 0 Å². The smallest absolute Gasteiger partial charge is 0.272 e. The Morgan fingerprint density at radius 1 is 1.14 bits per heavy atom. The molecule has 0 spiro atoms. The van der Waals surface area contributed by atoms with Crippen LogP contribution in [0.2, 0.25) is 0 Å². The van der Waals surface area contributed by atoms with Gasteiger partial charge in [-0.2, -0.15) is 14.9 Å². The van der Waals surface area contributed by atoms with Gasteiger partial charge in [-0.25, -0.2) is 4.98 Å². The summed E-state index contributed by atoms with van der Waals surface area (Å²) in [5, 5.41) is 16.0. The van der Waals surface area contributed by atoms with E-state index in [1.807, 2.05) is 55.5 Å². The van der Waals surface area contributed by atoms with Crippen LogP contribution in [0.1, 0.15) is 42.5 Å². The molecule has 3 heterocycles. The Bertz CT molecular complexity index is 1370. The lowest BCUT2D eigenvalue weighted by molar-refractivity contribution is -0.116. The number of nitrogens with zero attached hydrogens (tertiary/aromatic N) is 5. The van der Waals surface area contributed by atoms with E-state index in [0.29, 0.717) is 42.0 Å². The number of amides is 1. The molecule has 35 heavy (non-hydrogen) atoms. The highest BCUT2D eigenvalue weighted by molar-refractivity contribution is 5.95. The van der Waals surface area contributed by atoms with Crippen LogP contribution in [-0.4, -0.2) is 44.6 Å². The topological polar surface area (TPSA) is 104 Å². The second kappa shape index (κ2) is 9.54. The monoisotopic (exact) mass is 470 g/mol. The molecule has 0 bridgehead atoms. The lowest BCUT2D eigenvalue weighted by Crippen LogP contribution is -2.25. The lowest BCUT2D eigenvalue weighted by atomic mass is 9.85. The van der Waals surface area contributed by atoms with Gasteiger partial charge in [-0.3, -0.25) is 4.79 Å². The molecule has 0 radical (unpaired) electrons. The van der Waals surface area contributed by atoms with Gasteiger partial charge in [0, 0.05) is 23.5 Å². The molecule has 4 aromatic rings. The summed E-state index contributed by atoms with van der Waals surface area (Å²) in [6, 6.07) is 15.5. The average Bonchev–Trinajstić information content (AvgIpc) is 3.23. The van der Waals surface area contributed by atoms with Gasteiger partial charge in [0.15, 0.2) is 11.5 Å². The minimum Gasteiger partial charge on any atom is -0.493 e. The van der Waals surface area contributed by atoms with Crippen molar-refractivity contribution in [2.45, 2.75) is 32.6 Å². The summed E-state index contributed by atoms with van der Waals surface area (Å²) in [6.45, 7) is 4.55. The minimum absolute atomic E-state index is 0.109. The first-order chi connectivity index (χ1) is 17.1. The van der Waals surface area contributed by atoms with Crippen LogP contribution in [0.25, 0.3) is 17.2 Å². The first kappa shape index (κ1) is 22.5. The molecule has 1 amide bonds. The number of benzene rings is 2. The van der Waals surface area contributed by atoms with Crippen LogP contribution in [0.4, 0.5) is 5.82 Å². The van der Waals surface area contributed by atoms with E-state index < -0.39 is 0 Å². The second-order valence-corrected chi connectivity index (χ2v) is 8.33. The fourth-order valence-corrected chi connectivity index (χ4v) is 4.34. The minimum atomic E-state index is -0.201. The third-order valence-corrected chi connectivity index (χ3v) is 5.96. The first-order valence-corrected chi connectivity index (χ1v) is 11.5.